The van der Waals surface area contributed by atoms with Crippen LogP contribution in [0.1, 0.15) is 12.8 Å². The maximum Gasteiger partial charge on any atom is 0.471 e. The van der Waals surface area contributed by atoms with Crippen LogP contribution < -0.4 is 0 Å². The molecule has 0 atom stereocenters. The van der Waals surface area contributed by atoms with Crippen molar-refractivity contribution in [1.29, 1.82) is 5.26 Å². The zero-order chi connectivity index (χ0) is 12.9. The Labute approximate surface area is 97.6 Å². The van der Waals surface area contributed by atoms with E-state index in [-0.39, 0.29) is 13.1 Å². The maximum absolute atomic E-state index is 12.1. The van der Waals surface area contributed by atoms with E-state index in [4.69, 9.17) is 5.26 Å². The van der Waals surface area contributed by atoms with Crippen LogP contribution in [0.25, 0.3) is 0 Å². The number of carbonyl (C=O) groups excluding carboxylic acids is 1. The summed E-state index contributed by atoms with van der Waals surface area (Å²) >= 11 is 0. The van der Waals surface area contributed by atoms with Crippen LogP contribution in [-0.2, 0) is 4.79 Å². The van der Waals surface area contributed by atoms with Gasteiger partial charge in [0.25, 0.3) is 0 Å². The van der Waals surface area contributed by atoms with Gasteiger partial charge in [0.05, 0.1) is 6.07 Å². The van der Waals surface area contributed by atoms with Gasteiger partial charge in [0.2, 0.25) is 0 Å². The van der Waals surface area contributed by atoms with E-state index in [2.05, 4.69) is 0 Å². The number of carbonyl (C=O) groups is 1. The van der Waals surface area contributed by atoms with E-state index in [1.807, 2.05) is 11.0 Å². The van der Waals surface area contributed by atoms with Crippen molar-refractivity contribution in [2.75, 3.05) is 32.7 Å². The van der Waals surface area contributed by atoms with Crippen LogP contribution in [0.2, 0.25) is 0 Å². The zero-order valence-corrected chi connectivity index (χ0v) is 9.33. The smallest absolute Gasteiger partial charge is 0.332 e. The second-order valence-electron chi connectivity index (χ2n) is 3.89. The first-order valence-electron chi connectivity index (χ1n) is 5.40. The Morgan fingerprint density at radius 3 is 2.29 bits per heavy atom. The molecule has 1 saturated heterocycles. The Bertz CT molecular complexity index is 303. The molecule has 1 amide bonds. The fourth-order valence-electron chi connectivity index (χ4n) is 1.74. The van der Waals surface area contributed by atoms with Crippen LogP contribution in [0.5, 0.6) is 0 Å². The Morgan fingerprint density at radius 2 is 1.82 bits per heavy atom. The number of hydrogen-bond donors (Lipinski definition) is 0. The molecule has 0 radical (unpaired) electrons. The Kier molecular flexibility index (Phi) is 4.75. The number of piperazine rings is 1. The van der Waals surface area contributed by atoms with Gasteiger partial charge in [0.1, 0.15) is 0 Å². The highest BCUT2D eigenvalue weighted by Gasteiger charge is 2.42. The molecule has 1 rings (SSSR count). The lowest BCUT2D eigenvalue weighted by molar-refractivity contribution is -0.187. The molecule has 0 aliphatic carbocycles. The van der Waals surface area contributed by atoms with Gasteiger partial charge < -0.3 is 4.90 Å². The summed E-state index contributed by atoms with van der Waals surface area (Å²) < 4.78 is 36.4. The SMILES string of the molecule is N#CCCCN1CCN(C(=O)C(F)(F)F)CC1. The zero-order valence-electron chi connectivity index (χ0n) is 9.33. The standard InChI is InChI=1S/C10H14F3N3O/c11-10(12,13)9(17)16-7-5-15(6-8-16)4-2-1-3-14/h1-2,4-8H2. The van der Waals surface area contributed by atoms with E-state index < -0.39 is 12.1 Å². The number of alkyl halides is 3. The van der Waals surface area contributed by atoms with Crippen LogP contribution in [0.15, 0.2) is 0 Å². The molecule has 0 aromatic rings. The summed E-state index contributed by atoms with van der Waals surface area (Å²) in [5.41, 5.74) is 0. The van der Waals surface area contributed by atoms with Gasteiger partial charge in [0.15, 0.2) is 0 Å². The molecule has 0 unspecified atom stereocenters. The van der Waals surface area contributed by atoms with Gasteiger partial charge >= 0.3 is 12.1 Å². The lowest BCUT2D eigenvalue weighted by Gasteiger charge is -2.34. The molecule has 4 nitrogen and oxygen atoms in total. The molecule has 17 heavy (non-hydrogen) atoms. The molecular formula is C10H14F3N3O. The monoisotopic (exact) mass is 249 g/mol. The highest BCUT2D eigenvalue weighted by molar-refractivity contribution is 5.81. The third kappa shape index (κ3) is 4.23. The Hall–Kier alpha value is -1.29. The van der Waals surface area contributed by atoms with Gasteiger partial charge in [-0.3, -0.25) is 9.69 Å². The number of nitriles is 1. The summed E-state index contributed by atoms with van der Waals surface area (Å²) in [7, 11) is 0. The summed E-state index contributed by atoms with van der Waals surface area (Å²) in [4.78, 5) is 13.7. The van der Waals surface area contributed by atoms with E-state index in [1.54, 1.807) is 0 Å². The van der Waals surface area contributed by atoms with Crippen LogP contribution in [0.3, 0.4) is 0 Å². The summed E-state index contributed by atoms with van der Waals surface area (Å²) in [6.45, 7) is 1.78. The average molecular weight is 249 g/mol. The number of amides is 1. The maximum atomic E-state index is 12.1. The molecule has 0 bridgehead atoms. The summed E-state index contributed by atoms with van der Waals surface area (Å²) in [5.74, 6) is -1.76. The van der Waals surface area contributed by atoms with Crippen molar-refractivity contribution in [3.8, 4) is 6.07 Å². The minimum atomic E-state index is -4.77. The molecule has 0 spiro atoms. The second kappa shape index (κ2) is 5.87. The molecule has 0 aromatic heterocycles. The van der Waals surface area contributed by atoms with Crippen molar-refractivity contribution >= 4 is 5.91 Å². The van der Waals surface area contributed by atoms with E-state index >= 15 is 0 Å². The molecule has 1 fully saturated rings. The van der Waals surface area contributed by atoms with Gasteiger partial charge in [-0.25, -0.2) is 0 Å². The molecule has 0 saturated carbocycles. The highest BCUT2D eigenvalue weighted by atomic mass is 19.4. The molecule has 1 aliphatic heterocycles. The molecular weight excluding hydrogens is 235 g/mol. The number of halogens is 3. The minimum Gasteiger partial charge on any atom is -0.332 e. The van der Waals surface area contributed by atoms with Crippen molar-refractivity contribution in [3.05, 3.63) is 0 Å². The predicted molar refractivity (Wildman–Crippen MR) is 53.9 cm³/mol. The van der Waals surface area contributed by atoms with E-state index in [9.17, 15) is 18.0 Å². The van der Waals surface area contributed by atoms with Crippen molar-refractivity contribution in [2.24, 2.45) is 0 Å². The van der Waals surface area contributed by atoms with Gasteiger partial charge in [0, 0.05) is 32.6 Å². The third-order valence-corrected chi connectivity index (χ3v) is 2.66. The topological polar surface area (TPSA) is 47.3 Å². The molecule has 1 aliphatic rings. The predicted octanol–water partition coefficient (Wildman–Crippen LogP) is 0.997. The van der Waals surface area contributed by atoms with Gasteiger partial charge in [-0.2, -0.15) is 18.4 Å². The van der Waals surface area contributed by atoms with E-state index in [0.29, 0.717) is 32.5 Å². The van der Waals surface area contributed by atoms with Crippen molar-refractivity contribution in [2.45, 2.75) is 19.0 Å². The van der Waals surface area contributed by atoms with E-state index in [1.165, 1.54) is 0 Å². The summed E-state index contributed by atoms with van der Waals surface area (Å²) in [5, 5.41) is 8.35. The van der Waals surface area contributed by atoms with Crippen LogP contribution in [0, 0.1) is 11.3 Å². The number of nitrogens with zero attached hydrogens (tertiary/aromatic N) is 3. The van der Waals surface area contributed by atoms with Gasteiger partial charge in [-0.15, -0.1) is 0 Å². The largest absolute Gasteiger partial charge is 0.471 e. The normalized spacial score (nSPS) is 17.9. The lowest BCUT2D eigenvalue weighted by Crippen LogP contribution is -2.52. The first kappa shape index (κ1) is 13.8. The molecule has 0 aromatic carbocycles. The van der Waals surface area contributed by atoms with Crippen LogP contribution in [-0.4, -0.2) is 54.6 Å². The number of rotatable bonds is 3. The van der Waals surface area contributed by atoms with Crippen LogP contribution in [0.4, 0.5) is 13.2 Å². The lowest BCUT2D eigenvalue weighted by atomic mass is 10.2. The fourth-order valence-corrected chi connectivity index (χ4v) is 1.74. The van der Waals surface area contributed by atoms with Crippen molar-refractivity contribution < 1.29 is 18.0 Å². The third-order valence-electron chi connectivity index (χ3n) is 2.66. The summed E-state index contributed by atoms with van der Waals surface area (Å²) in [6, 6.07) is 2.01. The molecule has 7 heteroatoms. The molecule has 96 valence electrons. The van der Waals surface area contributed by atoms with Gasteiger partial charge in [-0.1, -0.05) is 0 Å². The van der Waals surface area contributed by atoms with Crippen LogP contribution >= 0.6 is 0 Å². The van der Waals surface area contributed by atoms with E-state index in [0.717, 1.165) is 4.90 Å². The quantitative estimate of drug-likeness (QED) is 0.701. The Morgan fingerprint density at radius 1 is 1.24 bits per heavy atom. The minimum absolute atomic E-state index is 0.102. The highest BCUT2D eigenvalue weighted by Crippen LogP contribution is 2.19. The fraction of sp³-hybridized carbons (Fsp3) is 0.800. The number of unbranched alkanes of at least 4 members (excludes halogenated alkanes) is 1. The average Bonchev–Trinajstić information content (AvgIpc) is 2.28. The number of hydrogen-bond acceptors (Lipinski definition) is 3. The molecule has 0 N–H and O–H groups in total. The van der Waals surface area contributed by atoms with Gasteiger partial charge in [-0.05, 0) is 13.0 Å². The van der Waals surface area contributed by atoms with Crippen molar-refractivity contribution in [1.82, 2.24) is 9.80 Å². The first-order valence-corrected chi connectivity index (χ1v) is 5.40. The Balaban J connectivity index is 2.31. The molecule has 1 heterocycles. The first-order chi connectivity index (χ1) is 7.95. The second-order valence-corrected chi connectivity index (χ2v) is 3.89. The van der Waals surface area contributed by atoms with Crippen molar-refractivity contribution in [3.63, 3.8) is 0 Å². The summed E-state index contributed by atoms with van der Waals surface area (Å²) in [6.07, 6.45) is -3.62.